The smallest absolute Gasteiger partial charge is 0.224 e. The highest BCUT2D eigenvalue weighted by Crippen LogP contribution is 1.95. The molecule has 0 aliphatic rings. The fraction of sp³-hybridized carbons (Fsp3) is 0.889. The zero-order chi connectivity index (χ0) is 10.3. The Morgan fingerprint density at radius 3 is 2.69 bits per heavy atom. The first-order chi connectivity index (χ1) is 6.11. The van der Waals surface area contributed by atoms with Crippen LogP contribution in [0.15, 0.2) is 0 Å². The first-order valence-corrected chi connectivity index (χ1v) is 4.77. The SMILES string of the molecule is CCCC(O)CNC(=O)C(C)CN. The number of carbonyl (C=O) groups is 1. The maximum absolute atomic E-state index is 11.2. The van der Waals surface area contributed by atoms with E-state index >= 15 is 0 Å². The molecule has 4 nitrogen and oxygen atoms in total. The largest absolute Gasteiger partial charge is 0.391 e. The maximum atomic E-state index is 11.2. The van der Waals surface area contributed by atoms with Crippen molar-refractivity contribution in [1.29, 1.82) is 0 Å². The lowest BCUT2D eigenvalue weighted by molar-refractivity contribution is -0.124. The highest BCUT2D eigenvalue weighted by molar-refractivity contribution is 5.78. The number of rotatable bonds is 6. The van der Waals surface area contributed by atoms with Gasteiger partial charge in [0, 0.05) is 19.0 Å². The molecule has 0 fully saturated rings. The van der Waals surface area contributed by atoms with Gasteiger partial charge in [0.1, 0.15) is 0 Å². The lowest BCUT2D eigenvalue weighted by atomic mass is 10.1. The van der Waals surface area contributed by atoms with Gasteiger partial charge in [-0.2, -0.15) is 0 Å². The van der Waals surface area contributed by atoms with Crippen LogP contribution in [0.4, 0.5) is 0 Å². The molecule has 0 aromatic carbocycles. The number of aliphatic hydroxyl groups excluding tert-OH is 1. The molecule has 0 spiro atoms. The number of nitrogens with two attached hydrogens (primary N) is 1. The summed E-state index contributed by atoms with van der Waals surface area (Å²) in [5, 5.41) is 12.0. The Hall–Kier alpha value is -0.610. The third kappa shape index (κ3) is 5.60. The van der Waals surface area contributed by atoms with Crippen molar-refractivity contribution in [2.75, 3.05) is 13.1 Å². The summed E-state index contributed by atoms with van der Waals surface area (Å²) in [5.41, 5.74) is 5.31. The Morgan fingerprint density at radius 2 is 2.23 bits per heavy atom. The fourth-order valence-corrected chi connectivity index (χ4v) is 0.935. The fourth-order valence-electron chi connectivity index (χ4n) is 0.935. The molecule has 4 N–H and O–H groups in total. The Balaban J connectivity index is 3.57. The Kier molecular flexibility index (Phi) is 6.54. The summed E-state index contributed by atoms with van der Waals surface area (Å²) in [4.78, 5) is 11.2. The van der Waals surface area contributed by atoms with Crippen LogP contribution in [0.5, 0.6) is 0 Å². The van der Waals surface area contributed by atoms with Crippen LogP contribution in [0, 0.1) is 5.92 Å². The van der Waals surface area contributed by atoms with Gasteiger partial charge in [-0.25, -0.2) is 0 Å². The summed E-state index contributed by atoms with van der Waals surface area (Å²) in [7, 11) is 0. The van der Waals surface area contributed by atoms with Crippen molar-refractivity contribution in [3.8, 4) is 0 Å². The molecule has 0 saturated carbocycles. The van der Waals surface area contributed by atoms with Gasteiger partial charge in [0.15, 0.2) is 0 Å². The van der Waals surface area contributed by atoms with Crippen LogP contribution >= 0.6 is 0 Å². The Morgan fingerprint density at radius 1 is 1.62 bits per heavy atom. The molecule has 2 atom stereocenters. The Labute approximate surface area is 79.5 Å². The molecule has 2 unspecified atom stereocenters. The van der Waals surface area contributed by atoms with E-state index in [1.54, 1.807) is 6.92 Å². The second kappa shape index (κ2) is 6.86. The van der Waals surface area contributed by atoms with Crippen molar-refractivity contribution in [2.24, 2.45) is 11.7 Å². The monoisotopic (exact) mass is 188 g/mol. The minimum Gasteiger partial charge on any atom is -0.391 e. The van der Waals surface area contributed by atoms with E-state index in [1.165, 1.54) is 0 Å². The summed E-state index contributed by atoms with van der Waals surface area (Å²) in [6.45, 7) is 4.43. The number of nitrogens with one attached hydrogen (secondary N) is 1. The molecule has 0 aromatic heterocycles. The van der Waals surface area contributed by atoms with E-state index in [0.29, 0.717) is 13.1 Å². The van der Waals surface area contributed by atoms with Gasteiger partial charge in [0.25, 0.3) is 0 Å². The molecular weight excluding hydrogens is 168 g/mol. The number of hydrogen-bond acceptors (Lipinski definition) is 3. The van der Waals surface area contributed by atoms with Gasteiger partial charge in [-0.3, -0.25) is 4.79 Å². The van der Waals surface area contributed by atoms with Crippen molar-refractivity contribution in [3.63, 3.8) is 0 Å². The number of carbonyl (C=O) groups excluding carboxylic acids is 1. The van der Waals surface area contributed by atoms with Gasteiger partial charge in [-0.05, 0) is 6.42 Å². The number of amides is 1. The summed E-state index contributed by atoms with van der Waals surface area (Å²) in [6.07, 6.45) is 1.21. The molecule has 0 saturated heterocycles. The molecule has 0 bridgehead atoms. The van der Waals surface area contributed by atoms with Crippen LogP contribution in [0.3, 0.4) is 0 Å². The van der Waals surface area contributed by atoms with Crippen LogP contribution in [-0.4, -0.2) is 30.2 Å². The average Bonchev–Trinajstić information content (AvgIpc) is 2.13. The minimum absolute atomic E-state index is 0.0855. The number of aliphatic hydroxyl groups is 1. The van der Waals surface area contributed by atoms with Gasteiger partial charge < -0.3 is 16.2 Å². The third-order valence-corrected chi connectivity index (χ3v) is 1.93. The van der Waals surface area contributed by atoms with E-state index in [4.69, 9.17) is 5.73 Å². The van der Waals surface area contributed by atoms with Crippen molar-refractivity contribution >= 4 is 5.91 Å². The maximum Gasteiger partial charge on any atom is 0.224 e. The highest BCUT2D eigenvalue weighted by atomic mass is 16.3. The molecule has 13 heavy (non-hydrogen) atoms. The van der Waals surface area contributed by atoms with Gasteiger partial charge in [-0.15, -0.1) is 0 Å². The molecule has 1 amide bonds. The van der Waals surface area contributed by atoms with Gasteiger partial charge >= 0.3 is 0 Å². The zero-order valence-electron chi connectivity index (χ0n) is 8.42. The van der Waals surface area contributed by atoms with Crippen LogP contribution < -0.4 is 11.1 Å². The molecular formula is C9H20N2O2. The summed E-state index contributed by atoms with van der Waals surface area (Å²) >= 11 is 0. The highest BCUT2D eigenvalue weighted by Gasteiger charge is 2.11. The van der Waals surface area contributed by atoms with E-state index in [9.17, 15) is 9.90 Å². The normalized spacial score (nSPS) is 15.1. The predicted octanol–water partition coefficient (Wildman–Crippen LogP) is -0.142. The third-order valence-electron chi connectivity index (χ3n) is 1.93. The quantitative estimate of drug-likeness (QED) is 0.543. The van der Waals surface area contributed by atoms with Crippen molar-refractivity contribution < 1.29 is 9.90 Å². The van der Waals surface area contributed by atoms with E-state index in [1.807, 2.05) is 6.92 Å². The van der Waals surface area contributed by atoms with E-state index < -0.39 is 6.10 Å². The van der Waals surface area contributed by atoms with Crippen LogP contribution in [-0.2, 0) is 4.79 Å². The second-order valence-corrected chi connectivity index (χ2v) is 3.32. The van der Waals surface area contributed by atoms with E-state index in [-0.39, 0.29) is 11.8 Å². The summed E-state index contributed by atoms with van der Waals surface area (Å²) in [6, 6.07) is 0. The minimum atomic E-state index is -0.432. The van der Waals surface area contributed by atoms with Crippen molar-refractivity contribution in [1.82, 2.24) is 5.32 Å². The second-order valence-electron chi connectivity index (χ2n) is 3.32. The first-order valence-electron chi connectivity index (χ1n) is 4.77. The standard InChI is InChI=1S/C9H20N2O2/c1-3-4-8(12)6-11-9(13)7(2)5-10/h7-8,12H,3-6,10H2,1-2H3,(H,11,13). The molecule has 0 heterocycles. The molecule has 4 heteroatoms. The number of hydrogen-bond donors (Lipinski definition) is 3. The lowest BCUT2D eigenvalue weighted by Gasteiger charge is -2.13. The molecule has 78 valence electrons. The molecule has 0 aliphatic carbocycles. The average molecular weight is 188 g/mol. The first kappa shape index (κ1) is 12.4. The molecule has 0 aromatic rings. The van der Waals surface area contributed by atoms with Gasteiger partial charge in [0.05, 0.1) is 6.10 Å². The lowest BCUT2D eigenvalue weighted by Crippen LogP contribution is -2.37. The van der Waals surface area contributed by atoms with Gasteiger partial charge in [0.2, 0.25) is 5.91 Å². The van der Waals surface area contributed by atoms with E-state index in [0.717, 1.165) is 12.8 Å². The summed E-state index contributed by atoms with van der Waals surface area (Å²) in [5.74, 6) is -0.258. The zero-order valence-corrected chi connectivity index (χ0v) is 8.42. The topological polar surface area (TPSA) is 75.3 Å². The van der Waals surface area contributed by atoms with Crippen LogP contribution in [0.25, 0.3) is 0 Å². The predicted molar refractivity (Wildman–Crippen MR) is 52.1 cm³/mol. The van der Waals surface area contributed by atoms with Gasteiger partial charge in [-0.1, -0.05) is 20.3 Å². The Bertz CT molecular complexity index is 151. The van der Waals surface area contributed by atoms with Crippen LogP contribution in [0.1, 0.15) is 26.7 Å². The summed E-state index contributed by atoms with van der Waals surface area (Å²) < 4.78 is 0. The van der Waals surface area contributed by atoms with Crippen molar-refractivity contribution in [2.45, 2.75) is 32.8 Å². The van der Waals surface area contributed by atoms with E-state index in [2.05, 4.69) is 5.32 Å². The van der Waals surface area contributed by atoms with Crippen LogP contribution in [0.2, 0.25) is 0 Å². The van der Waals surface area contributed by atoms with Crippen molar-refractivity contribution in [3.05, 3.63) is 0 Å². The molecule has 0 radical (unpaired) electrons. The molecule has 0 aliphatic heterocycles. The molecule has 0 rings (SSSR count).